The van der Waals surface area contributed by atoms with E-state index in [0.29, 0.717) is 37.9 Å². The topological polar surface area (TPSA) is 107 Å². The van der Waals surface area contributed by atoms with Crippen LogP contribution >= 0.6 is 27.3 Å². The van der Waals surface area contributed by atoms with Crippen molar-refractivity contribution in [2.24, 2.45) is 5.10 Å². The van der Waals surface area contributed by atoms with Crippen molar-refractivity contribution in [1.82, 2.24) is 4.98 Å². The summed E-state index contributed by atoms with van der Waals surface area (Å²) < 4.78 is 11.6. The molecule has 5 rings (SSSR count). The highest BCUT2D eigenvalue weighted by molar-refractivity contribution is 9.10. The maximum atomic E-state index is 13.8. The first-order valence-corrected chi connectivity index (χ1v) is 13.3. The number of benzene rings is 3. The smallest absolute Gasteiger partial charge is 0.283 e. The molecule has 11 heteroatoms. The van der Waals surface area contributed by atoms with Gasteiger partial charge in [-0.05, 0) is 47.1 Å². The number of hydrogen-bond acceptors (Lipinski definition) is 8. The molecule has 0 unspecified atom stereocenters. The van der Waals surface area contributed by atoms with Gasteiger partial charge < -0.3 is 9.47 Å². The number of aryl methyl sites for hydroxylation is 1. The molecular formula is C28H21BrN4O5S. The molecule has 1 aromatic heterocycles. The van der Waals surface area contributed by atoms with E-state index in [2.05, 4.69) is 26.0 Å². The molecule has 0 N–H and O–H groups in total. The van der Waals surface area contributed by atoms with E-state index >= 15 is 0 Å². The summed E-state index contributed by atoms with van der Waals surface area (Å²) in [5, 5.41) is 19.4. The number of hydrogen-bond donors (Lipinski definition) is 0. The number of hydrazone groups is 1. The average molecular weight is 605 g/mol. The second-order valence-electron chi connectivity index (χ2n) is 8.54. The van der Waals surface area contributed by atoms with Gasteiger partial charge in [-0.15, -0.1) is 11.3 Å². The number of amides is 1. The lowest BCUT2D eigenvalue weighted by Gasteiger charge is -2.11. The molecule has 39 heavy (non-hydrogen) atoms. The third kappa shape index (κ3) is 5.18. The zero-order valence-electron chi connectivity index (χ0n) is 21.0. The number of thiazole rings is 1. The summed E-state index contributed by atoms with van der Waals surface area (Å²) in [6.45, 7) is 2.01. The van der Waals surface area contributed by atoms with Crippen molar-refractivity contribution in [2.45, 2.75) is 6.92 Å². The van der Waals surface area contributed by atoms with Gasteiger partial charge in [0.1, 0.15) is 17.2 Å². The Bertz CT molecular complexity index is 1650. The van der Waals surface area contributed by atoms with Crippen molar-refractivity contribution in [1.29, 1.82) is 0 Å². The Hall–Kier alpha value is -4.35. The van der Waals surface area contributed by atoms with Crippen molar-refractivity contribution in [3.05, 3.63) is 103 Å². The molecule has 2 heterocycles. The zero-order chi connectivity index (χ0) is 27.7. The number of nitrogens with zero attached hydrogens (tertiary/aromatic N) is 4. The fraction of sp³-hybridized carbons (Fsp3) is 0.107. The van der Waals surface area contributed by atoms with Crippen LogP contribution < -0.4 is 14.5 Å². The van der Waals surface area contributed by atoms with E-state index in [1.54, 1.807) is 37.5 Å². The predicted molar refractivity (Wildman–Crippen MR) is 155 cm³/mol. The number of aromatic nitrogens is 1. The van der Waals surface area contributed by atoms with Crippen molar-refractivity contribution in [2.75, 3.05) is 19.2 Å². The summed E-state index contributed by atoms with van der Waals surface area (Å²) in [6, 6.07) is 17.4. The van der Waals surface area contributed by atoms with Crippen LogP contribution in [-0.2, 0) is 4.79 Å². The van der Waals surface area contributed by atoms with Gasteiger partial charge in [0.05, 0.1) is 34.9 Å². The molecule has 0 aliphatic carbocycles. The Morgan fingerprint density at radius 2 is 1.67 bits per heavy atom. The van der Waals surface area contributed by atoms with Gasteiger partial charge in [0.2, 0.25) is 5.13 Å². The highest BCUT2D eigenvalue weighted by Gasteiger charge is 2.34. The monoisotopic (exact) mass is 604 g/mol. The molecule has 1 amide bonds. The molecular weight excluding hydrogens is 584 g/mol. The zero-order valence-corrected chi connectivity index (χ0v) is 23.4. The number of carbonyl (C=O) groups is 1. The lowest BCUT2D eigenvalue weighted by atomic mass is 9.99. The first-order valence-electron chi connectivity index (χ1n) is 11.6. The molecule has 1 aliphatic heterocycles. The predicted octanol–water partition coefficient (Wildman–Crippen LogP) is 6.64. The molecule has 1 aliphatic rings. The first kappa shape index (κ1) is 26.3. The van der Waals surface area contributed by atoms with Crippen LogP contribution in [0.4, 0.5) is 10.8 Å². The van der Waals surface area contributed by atoms with Crippen molar-refractivity contribution in [3.8, 4) is 22.8 Å². The van der Waals surface area contributed by atoms with Gasteiger partial charge in [-0.25, -0.2) is 4.98 Å². The minimum atomic E-state index is -0.476. The number of anilines is 1. The van der Waals surface area contributed by atoms with Gasteiger partial charge in [-0.1, -0.05) is 29.8 Å². The molecule has 196 valence electrons. The number of nitro benzene ring substituents is 1. The van der Waals surface area contributed by atoms with E-state index in [1.807, 2.05) is 36.6 Å². The van der Waals surface area contributed by atoms with Gasteiger partial charge in [0.15, 0.2) is 0 Å². The van der Waals surface area contributed by atoms with Crippen molar-refractivity contribution in [3.63, 3.8) is 0 Å². The van der Waals surface area contributed by atoms with E-state index in [4.69, 9.17) is 9.47 Å². The van der Waals surface area contributed by atoms with Gasteiger partial charge >= 0.3 is 0 Å². The van der Waals surface area contributed by atoms with Crippen LogP contribution in [0.1, 0.15) is 16.7 Å². The minimum absolute atomic E-state index is 0.0607. The summed E-state index contributed by atoms with van der Waals surface area (Å²) in [5.41, 5.74) is 4.54. The molecule has 3 aromatic carbocycles. The number of carbonyl (C=O) groups excluding carboxylic acids is 1. The van der Waals surface area contributed by atoms with Crippen LogP contribution in [0, 0.1) is 17.0 Å². The summed E-state index contributed by atoms with van der Waals surface area (Å²) >= 11 is 4.79. The van der Waals surface area contributed by atoms with Gasteiger partial charge in [0, 0.05) is 40.3 Å². The van der Waals surface area contributed by atoms with E-state index < -0.39 is 4.92 Å². The highest BCUT2D eigenvalue weighted by atomic mass is 79.9. The number of halogens is 1. The fourth-order valence-electron chi connectivity index (χ4n) is 4.00. The Kier molecular flexibility index (Phi) is 7.27. The van der Waals surface area contributed by atoms with Crippen LogP contribution in [0.5, 0.6) is 11.5 Å². The molecule has 0 spiro atoms. The van der Waals surface area contributed by atoms with E-state index in [0.717, 1.165) is 16.8 Å². The first-order chi connectivity index (χ1) is 18.8. The van der Waals surface area contributed by atoms with Gasteiger partial charge in [0.25, 0.3) is 11.6 Å². The van der Waals surface area contributed by atoms with Crippen LogP contribution in [0.2, 0.25) is 0 Å². The molecule has 0 fully saturated rings. The maximum Gasteiger partial charge on any atom is 0.283 e. The molecule has 0 saturated carbocycles. The van der Waals surface area contributed by atoms with Crippen molar-refractivity contribution >= 4 is 55.8 Å². The Balaban J connectivity index is 1.60. The number of nitro groups is 1. The second-order valence-corrected chi connectivity index (χ2v) is 10.2. The van der Waals surface area contributed by atoms with Crippen LogP contribution in [-0.4, -0.2) is 35.7 Å². The number of methoxy groups -OCH3 is 2. The molecule has 0 atom stereocenters. The van der Waals surface area contributed by atoms with Gasteiger partial charge in [-0.2, -0.15) is 10.1 Å². The summed E-state index contributed by atoms with van der Waals surface area (Å²) in [4.78, 5) is 29.2. The number of non-ortho nitro benzene ring substituents is 1. The molecule has 4 aromatic rings. The van der Waals surface area contributed by atoms with Crippen LogP contribution in [0.3, 0.4) is 0 Å². The van der Waals surface area contributed by atoms with E-state index in [-0.39, 0.29) is 17.2 Å². The largest absolute Gasteiger partial charge is 0.496 e. The summed E-state index contributed by atoms with van der Waals surface area (Å²) in [5.74, 6) is 0.680. The average Bonchev–Trinajstić information content (AvgIpc) is 3.54. The third-order valence-electron chi connectivity index (χ3n) is 6.05. The number of rotatable bonds is 7. The SMILES string of the molecule is COc1cc(OC)c(/C=C2\C(=O)N(c3nc(-c4ccc(C)cc4)cs3)N=C2c2ccc([N+](=O)[O-])cc2)cc1Br. The van der Waals surface area contributed by atoms with E-state index in [1.165, 1.54) is 35.6 Å². The summed E-state index contributed by atoms with van der Waals surface area (Å²) in [6.07, 6.45) is 1.68. The Morgan fingerprint density at radius 1 is 1.00 bits per heavy atom. The number of ether oxygens (including phenoxy) is 2. The molecule has 0 radical (unpaired) electrons. The molecule has 0 bridgehead atoms. The van der Waals surface area contributed by atoms with E-state index in [9.17, 15) is 14.9 Å². The quantitative estimate of drug-likeness (QED) is 0.133. The van der Waals surface area contributed by atoms with Crippen LogP contribution in [0.15, 0.2) is 81.2 Å². The minimum Gasteiger partial charge on any atom is -0.496 e. The lowest BCUT2D eigenvalue weighted by molar-refractivity contribution is -0.384. The Labute approximate surface area is 236 Å². The van der Waals surface area contributed by atoms with Crippen molar-refractivity contribution < 1.29 is 19.2 Å². The second kappa shape index (κ2) is 10.8. The summed E-state index contributed by atoms with van der Waals surface area (Å²) in [7, 11) is 3.08. The standard InChI is InChI=1S/C28H21BrN4O5S/c1-16-4-6-17(7-5-16)23-15-39-28(30-23)32-27(34)21(12-19-13-22(29)25(38-3)14-24(19)37-2)26(31-32)18-8-10-20(11-9-18)33(35)36/h4-15H,1-3H3/b21-12-. The molecule has 0 saturated heterocycles. The normalized spacial score (nSPS) is 14.1. The fourth-order valence-corrected chi connectivity index (χ4v) is 5.30. The third-order valence-corrected chi connectivity index (χ3v) is 7.49. The van der Waals surface area contributed by atoms with Gasteiger partial charge in [-0.3, -0.25) is 14.9 Å². The Morgan fingerprint density at radius 3 is 2.31 bits per heavy atom. The van der Waals surface area contributed by atoms with Crippen LogP contribution in [0.25, 0.3) is 17.3 Å². The lowest BCUT2D eigenvalue weighted by Crippen LogP contribution is -2.21. The highest BCUT2D eigenvalue weighted by Crippen LogP contribution is 2.37. The molecule has 9 nitrogen and oxygen atoms in total. The maximum absolute atomic E-state index is 13.8.